The molecule has 5 N–H and O–H groups in total. The first kappa shape index (κ1) is 25.2. The monoisotopic (exact) mass is 514 g/mol. The number of nitrogens with one attached hydrogen (secondary N) is 4. The van der Waals surface area contributed by atoms with E-state index in [-0.39, 0.29) is 29.7 Å². The molecule has 5 rings (SSSR count). The number of nitrogens with zero attached hydrogens (tertiary/aromatic N) is 6. The Bertz CT molecular complexity index is 1350. The lowest BCUT2D eigenvalue weighted by Crippen LogP contribution is -2.58. The first-order valence-corrected chi connectivity index (χ1v) is 12.5. The summed E-state index contributed by atoms with van der Waals surface area (Å²) in [7, 11) is 0. The van der Waals surface area contributed by atoms with Crippen LogP contribution in [0.25, 0.3) is 11.3 Å². The maximum Gasteiger partial charge on any atom is 0.269 e. The zero-order valence-corrected chi connectivity index (χ0v) is 21.0. The molecule has 12 heteroatoms. The molecular weight excluding hydrogens is 484 g/mol. The standard InChI is InChI=1S/C26H30N10O2/c1-17-14-29-23(24(38)31-26-32-34-35-33-26)16-36(17)15-19-3-2-4-20(13-19)22-10-12-28-25(30-22)27-11-9-18-5-7-21(37)8-6-18/h2-8,10,12-13,17,23,29,37H,9,11,14-16H2,1H3,(H,27,28,30)(H2,31,32,33,34,35,38)/t17-,23+/m0/s1. The number of anilines is 2. The van der Waals surface area contributed by atoms with E-state index in [1.807, 2.05) is 30.3 Å². The highest BCUT2D eigenvalue weighted by atomic mass is 16.3. The second kappa shape index (κ2) is 11.8. The number of phenolic OH excluding ortho intramolecular Hbond substituents is 1. The highest BCUT2D eigenvalue weighted by molar-refractivity contribution is 5.93. The molecule has 0 spiro atoms. The predicted octanol–water partition coefficient (Wildman–Crippen LogP) is 1.82. The summed E-state index contributed by atoms with van der Waals surface area (Å²) in [6, 6.07) is 17.2. The molecule has 2 aromatic carbocycles. The summed E-state index contributed by atoms with van der Waals surface area (Å²) in [5.74, 6) is 0.798. The van der Waals surface area contributed by atoms with Gasteiger partial charge in [0, 0.05) is 44.0 Å². The van der Waals surface area contributed by atoms with Gasteiger partial charge >= 0.3 is 0 Å². The number of carbonyl (C=O) groups is 1. The maximum atomic E-state index is 12.7. The van der Waals surface area contributed by atoms with E-state index >= 15 is 0 Å². The number of tetrazole rings is 1. The van der Waals surface area contributed by atoms with Crippen LogP contribution in [0.2, 0.25) is 0 Å². The molecule has 1 aliphatic heterocycles. The van der Waals surface area contributed by atoms with Crippen molar-refractivity contribution in [2.45, 2.75) is 32.0 Å². The van der Waals surface area contributed by atoms with Crippen molar-refractivity contribution in [1.29, 1.82) is 0 Å². The molecule has 0 aliphatic carbocycles. The minimum absolute atomic E-state index is 0.161. The molecule has 1 amide bonds. The van der Waals surface area contributed by atoms with Crippen LogP contribution in [0.15, 0.2) is 60.8 Å². The van der Waals surface area contributed by atoms with Crippen LogP contribution in [-0.4, -0.2) is 78.2 Å². The summed E-state index contributed by atoms with van der Waals surface area (Å²) in [6.45, 7) is 4.76. The summed E-state index contributed by atoms with van der Waals surface area (Å²) in [5.41, 5.74) is 4.09. The van der Waals surface area contributed by atoms with Crippen molar-refractivity contribution in [3.63, 3.8) is 0 Å². The van der Waals surface area contributed by atoms with Crippen molar-refractivity contribution in [2.75, 3.05) is 30.3 Å². The molecule has 1 fully saturated rings. The number of amides is 1. The van der Waals surface area contributed by atoms with Crippen molar-refractivity contribution in [1.82, 2.24) is 40.8 Å². The minimum Gasteiger partial charge on any atom is -0.508 e. The zero-order valence-electron chi connectivity index (χ0n) is 21.0. The van der Waals surface area contributed by atoms with E-state index in [0.29, 0.717) is 32.1 Å². The van der Waals surface area contributed by atoms with Gasteiger partial charge in [0.15, 0.2) is 0 Å². The molecule has 196 valence electrons. The molecule has 1 saturated heterocycles. The minimum atomic E-state index is -0.384. The van der Waals surface area contributed by atoms with Crippen LogP contribution in [0.4, 0.5) is 11.9 Å². The maximum absolute atomic E-state index is 12.7. The van der Waals surface area contributed by atoms with E-state index in [1.54, 1.807) is 18.3 Å². The van der Waals surface area contributed by atoms with Crippen molar-refractivity contribution in [3.05, 3.63) is 71.9 Å². The number of aromatic nitrogens is 6. The number of phenols is 1. The van der Waals surface area contributed by atoms with E-state index in [2.05, 4.69) is 65.5 Å². The summed E-state index contributed by atoms with van der Waals surface area (Å²) in [6.07, 6.45) is 2.55. The molecule has 0 bridgehead atoms. The number of aromatic hydroxyl groups is 1. The third kappa shape index (κ3) is 6.47. The van der Waals surface area contributed by atoms with E-state index in [0.717, 1.165) is 28.8 Å². The number of hydrogen-bond donors (Lipinski definition) is 5. The van der Waals surface area contributed by atoms with E-state index < -0.39 is 0 Å². The number of carbonyl (C=O) groups excluding carboxylic acids is 1. The van der Waals surface area contributed by atoms with E-state index in [4.69, 9.17) is 4.98 Å². The zero-order chi connectivity index (χ0) is 26.3. The number of aromatic amines is 1. The molecule has 12 nitrogen and oxygen atoms in total. The van der Waals surface area contributed by atoms with E-state index in [1.165, 1.54) is 0 Å². The van der Waals surface area contributed by atoms with Crippen molar-refractivity contribution in [2.24, 2.45) is 0 Å². The van der Waals surface area contributed by atoms with Gasteiger partial charge in [0.2, 0.25) is 11.9 Å². The molecule has 0 saturated carbocycles. The van der Waals surface area contributed by atoms with Crippen LogP contribution in [0.3, 0.4) is 0 Å². The number of rotatable bonds is 9. The molecule has 0 radical (unpaired) electrons. The Morgan fingerprint density at radius 3 is 2.82 bits per heavy atom. The van der Waals surface area contributed by atoms with Crippen LogP contribution >= 0.6 is 0 Å². The topological polar surface area (TPSA) is 157 Å². The Hall–Kier alpha value is -4.42. The van der Waals surface area contributed by atoms with Gasteiger partial charge in [-0.05, 0) is 54.0 Å². The number of hydrogen-bond acceptors (Lipinski definition) is 10. The Kier molecular flexibility index (Phi) is 7.81. The fourth-order valence-corrected chi connectivity index (χ4v) is 4.38. The largest absolute Gasteiger partial charge is 0.508 e. The number of piperazine rings is 1. The fraction of sp³-hybridized carbons (Fsp3) is 0.308. The highest BCUT2D eigenvalue weighted by Crippen LogP contribution is 2.21. The molecule has 3 heterocycles. The van der Waals surface area contributed by atoms with Gasteiger partial charge in [-0.25, -0.2) is 9.97 Å². The molecule has 4 aromatic rings. The van der Waals surface area contributed by atoms with Gasteiger partial charge in [-0.1, -0.05) is 35.4 Å². The molecule has 1 aliphatic rings. The number of benzene rings is 2. The summed E-state index contributed by atoms with van der Waals surface area (Å²) in [4.78, 5) is 24.0. The number of H-pyrrole nitrogens is 1. The Balaban J connectivity index is 1.20. The van der Waals surface area contributed by atoms with Gasteiger partial charge in [0.05, 0.1) is 5.69 Å². The van der Waals surface area contributed by atoms with Crippen LogP contribution < -0.4 is 16.0 Å². The summed E-state index contributed by atoms with van der Waals surface area (Å²) in [5, 5.41) is 32.1. The van der Waals surface area contributed by atoms with Gasteiger partial charge in [-0.3, -0.25) is 15.0 Å². The molecule has 2 aromatic heterocycles. The van der Waals surface area contributed by atoms with Crippen molar-refractivity contribution >= 4 is 17.8 Å². The Labute approximate surface area is 219 Å². The van der Waals surface area contributed by atoms with Crippen LogP contribution in [-0.2, 0) is 17.8 Å². The highest BCUT2D eigenvalue weighted by Gasteiger charge is 2.30. The first-order valence-electron chi connectivity index (χ1n) is 12.5. The van der Waals surface area contributed by atoms with Crippen LogP contribution in [0, 0.1) is 0 Å². The van der Waals surface area contributed by atoms with Crippen molar-refractivity contribution < 1.29 is 9.90 Å². The molecule has 0 unspecified atom stereocenters. The average Bonchev–Trinajstić information content (AvgIpc) is 3.44. The Morgan fingerprint density at radius 1 is 1.13 bits per heavy atom. The molecular formula is C26H30N10O2. The lowest BCUT2D eigenvalue weighted by Gasteiger charge is -2.38. The smallest absolute Gasteiger partial charge is 0.269 e. The average molecular weight is 515 g/mol. The fourth-order valence-electron chi connectivity index (χ4n) is 4.38. The predicted molar refractivity (Wildman–Crippen MR) is 142 cm³/mol. The first-order chi connectivity index (χ1) is 18.5. The van der Waals surface area contributed by atoms with Gasteiger partial charge in [0.1, 0.15) is 11.8 Å². The van der Waals surface area contributed by atoms with Crippen molar-refractivity contribution in [3.8, 4) is 17.0 Å². The third-order valence-corrected chi connectivity index (χ3v) is 6.49. The second-order valence-electron chi connectivity index (χ2n) is 9.27. The quantitative estimate of drug-likeness (QED) is 0.223. The second-order valence-corrected chi connectivity index (χ2v) is 9.27. The van der Waals surface area contributed by atoms with Crippen LogP contribution in [0.5, 0.6) is 5.75 Å². The van der Waals surface area contributed by atoms with E-state index in [9.17, 15) is 9.90 Å². The SMILES string of the molecule is C[C@H]1CN[C@@H](C(=O)Nc2nn[nH]n2)CN1Cc1cccc(-c2ccnc(NCCc3ccc(O)cc3)n2)c1. The normalized spacial score (nSPS) is 17.7. The Morgan fingerprint density at radius 2 is 2.00 bits per heavy atom. The third-order valence-electron chi connectivity index (χ3n) is 6.49. The van der Waals surface area contributed by atoms with Gasteiger partial charge in [-0.15, -0.1) is 5.10 Å². The lowest BCUT2D eigenvalue weighted by molar-refractivity contribution is -0.119. The lowest BCUT2D eigenvalue weighted by atomic mass is 10.0. The van der Waals surface area contributed by atoms with Crippen LogP contribution in [0.1, 0.15) is 18.1 Å². The van der Waals surface area contributed by atoms with Gasteiger partial charge in [-0.2, -0.15) is 5.21 Å². The van der Waals surface area contributed by atoms with Gasteiger partial charge < -0.3 is 15.7 Å². The molecule has 2 atom stereocenters. The summed E-state index contributed by atoms with van der Waals surface area (Å²) >= 11 is 0. The van der Waals surface area contributed by atoms with Gasteiger partial charge in [0.25, 0.3) is 5.95 Å². The summed E-state index contributed by atoms with van der Waals surface area (Å²) < 4.78 is 0. The molecule has 38 heavy (non-hydrogen) atoms.